The summed E-state index contributed by atoms with van der Waals surface area (Å²) in [6.07, 6.45) is 3.93. The van der Waals surface area contributed by atoms with Gasteiger partial charge in [0.25, 0.3) is 5.91 Å². The summed E-state index contributed by atoms with van der Waals surface area (Å²) >= 11 is 6.05. The molecule has 4 rings (SSSR count). The first kappa shape index (κ1) is 16.2. The van der Waals surface area contributed by atoms with Gasteiger partial charge in [0.05, 0.1) is 5.57 Å². The van der Waals surface area contributed by atoms with E-state index in [1.807, 2.05) is 29.2 Å². The van der Waals surface area contributed by atoms with Crippen LogP contribution in [0.15, 0.2) is 54.1 Å². The number of rotatable bonds is 2. The van der Waals surface area contributed by atoms with Crippen molar-refractivity contribution in [2.75, 3.05) is 19.7 Å². The smallest absolute Gasteiger partial charge is 0.253 e. The van der Waals surface area contributed by atoms with Crippen molar-refractivity contribution in [2.24, 2.45) is 0 Å². The van der Waals surface area contributed by atoms with Crippen LogP contribution in [0.25, 0.3) is 6.08 Å². The van der Waals surface area contributed by atoms with Gasteiger partial charge in [0.2, 0.25) is 0 Å². The van der Waals surface area contributed by atoms with Crippen LogP contribution >= 0.6 is 11.6 Å². The average molecular weight is 354 g/mol. The number of hydrogen-bond acceptors (Lipinski definition) is 2. The van der Waals surface area contributed by atoms with Crippen LogP contribution in [0.1, 0.15) is 29.9 Å². The van der Waals surface area contributed by atoms with Gasteiger partial charge in [-0.15, -0.1) is 0 Å². The lowest BCUT2D eigenvalue weighted by molar-refractivity contribution is -0.128. The monoisotopic (exact) mass is 353 g/mol. The first-order valence-corrected chi connectivity index (χ1v) is 9.05. The maximum Gasteiger partial charge on any atom is 0.253 e. The highest BCUT2D eigenvalue weighted by atomic mass is 35.5. The Labute approximate surface area is 152 Å². The predicted octanol–water partition coefficient (Wildman–Crippen LogP) is 4.52. The Kier molecular flexibility index (Phi) is 4.50. The molecule has 2 aliphatic heterocycles. The predicted molar refractivity (Wildman–Crippen MR) is 99.9 cm³/mol. The van der Waals surface area contributed by atoms with Gasteiger partial charge in [-0.2, -0.15) is 0 Å². The number of hydrogen-bond donors (Lipinski definition) is 0. The minimum absolute atomic E-state index is 0.0807. The van der Waals surface area contributed by atoms with Crippen LogP contribution in [0, 0.1) is 0 Å². The van der Waals surface area contributed by atoms with Gasteiger partial charge < -0.3 is 9.64 Å². The van der Waals surface area contributed by atoms with Gasteiger partial charge >= 0.3 is 0 Å². The number of amides is 1. The van der Waals surface area contributed by atoms with Gasteiger partial charge in [-0.05, 0) is 48.6 Å². The molecule has 1 amide bonds. The number of fused-ring (bicyclic) bond motifs is 1. The summed E-state index contributed by atoms with van der Waals surface area (Å²) in [7, 11) is 0. The van der Waals surface area contributed by atoms with Gasteiger partial charge in [-0.3, -0.25) is 4.79 Å². The number of piperidine rings is 1. The molecule has 2 aromatic rings. The molecule has 0 radical (unpaired) electrons. The minimum Gasteiger partial charge on any atom is -0.488 e. The Balaban J connectivity index is 1.44. The van der Waals surface area contributed by atoms with Gasteiger partial charge in [-0.25, -0.2) is 0 Å². The highest BCUT2D eigenvalue weighted by molar-refractivity contribution is 6.30. The van der Waals surface area contributed by atoms with Crippen molar-refractivity contribution in [2.45, 2.75) is 18.8 Å². The number of carbonyl (C=O) groups is 1. The molecule has 128 valence electrons. The van der Waals surface area contributed by atoms with Crippen LogP contribution in [0.3, 0.4) is 0 Å². The fourth-order valence-electron chi connectivity index (χ4n) is 3.62. The SMILES string of the molecule is O=C(C1=Cc2cc(Cl)ccc2OC1)N1CCC(c2ccccc2)CC1. The number of likely N-dealkylation sites (tertiary alicyclic amines) is 1. The fourth-order valence-corrected chi connectivity index (χ4v) is 3.80. The second-order valence-corrected chi connectivity index (χ2v) is 7.05. The maximum absolute atomic E-state index is 12.8. The zero-order valence-electron chi connectivity index (χ0n) is 14.0. The molecule has 3 nitrogen and oxygen atoms in total. The number of nitrogens with zero attached hydrogens (tertiary/aromatic N) is 1. The highest BCUT2D eigenvalue weighted by Gasteiger charge is 2.27. The van der Waals surface area contributed by atoms with Crippen LogP contribution in [0.2, 0.25) is 5.02 Å². The van der Waals surface area contributed by atoms with Crippen molar-refractivity contribution in [3.63, 3.8) is 0 Å². The molecule has 2 aliphatic rings. The summed E-state index contributed by atoms with van der Waals surface area (Å²) < 4.78 is 5.72. The molecule has 0 aromatic heterocycles. The van der Waals surface area contributed by atoms with Crippen LogP contribution in [-0.2, 0) is 4.79 Å². The molecular formula is C21H20ClNO2. The summed E-state index contributed by atoms with van der Waals surface area (Å²) in [4.78, 5) is 14.8. The van der Waals surface area contributed by atoms with Gasteiger partial charge in [-0.1, -0.05) is 41.9 Å². The zero-order valence-corrected chi connectivity index (χ0v) is 14.7. The fraction of sp³-hybridized carbons (Fsp3) is 0.286. The molecule has 0 unspecified atom stereocenters. The minimum atomic E-state index is 0.0807. The van der Waals surface area contributed by atoms with E-state index in [1.54, 1.807) is 6.07 Å². The Bertz CT molecular complexity index is 808. The second kappa shape index (κ2) is 6.93. The normalized spacial score (nSPS) is 17.5. The first-order chi connectivity index (χ1) is 12.2. The van der Waals surface area contributed by atoms with Crippen molar-refractivity contribution in [1.29, 1.82) is 0 Å². The van der Waals surface area contributed by atoms with Gasteiger partial charge in [0.15, 0.2) is 0 Å². The summed E-state index contributed by atoms with van der Waals surface area (Å²) in [6, 6.07) is 16.1. The second-order valence-electron chi connectivity index (χ2n) is 6.62. The Morgan fingerprint density at radius 1 is 1.08 bits per heavy atom. The highest BCUT2D eigenvalue weighted by Crippen LogP contribution is 2.31. The molecule has 0 aliphatic carbocycles. The molecule has 0 spiro atoms. The standard InChI is InChI=1S/C21H20ClNO2/c22-19-6-7-20-17(13-19)12-18(14-25-20)21(24)23-10-8-16(9-11-23)15-4-2-1-3-5-15/h1-7,12-13,16H,8-11,14H2. The van der Waals surface area contributed by atoms with E-state index in [1.165, 1.54) is 5.56 Å². The average Bonchev–Trinajstić information content (AvgIpc) is 2.67. The lowest BCUT2D eigenvalue weighted by atomic mass is 9.89. The Hall–Kier alpha value is -2.26. The van der Waals surface area contributed by atoms with Crippen LogP contribution in [-0.4, -0.2) is 30.5 Å². The summed E-state index contributed by atoms with van der Waals surface area (Å²) in [5.74, 6) is 1.40. The molecule has 2 aromatic carbocycles. The lowest BCUT2D eigenvalue weighted by Gasteiger charge is -2.33. The third-order valence-electron chi connectivity index (χ3n) is 5.01. The molecule has 0 bridgehead atoms. The van der Waals surface area contributed by atoms with Crippen molar-refractivity contribution in [3.05, 3.63) is 70.3 Å². The number of benzene rings is 2. The maximum atomic E-state index is 12.8. The largest absolute Gasteiger partial charge is 0.488 e. The third kappa shape index (κ3) is 3.42. The lowest BCUT2D eigenvalue weighted by Crippen LogP contribution is -2.39. The quantitative estimate of drug-likeness (QED) is 0.794. The van der Waals surface area contributed by atoms with E-state index in [0.717, 1.165) is 37.2 Å². The summed E-state index contributed by atoms with van der Waals surface area (Å²) in [5, 5.41) is 0.649. The molecule has 0 atom stereocenters. The van der Waals surface area contributed by atoms with E-state index in [-0.39, 0.29) is 5.91 Å². The molecule has 25 heavy (non-hydrogen) atoms. The number of carbonyl (C=O) groups excluding carboxylic acids is 1. The van der Waals surface area contributed by atoms with E-state index in [4.69, 9.17) is 16.3 Å². The Morgan fingerprint density at radius 3 is 2.60 bits per heavy atom. The zero-order chi connectivity index (χ0) is 17.2. The van der Waals surface area contributed by atoms with Crippen molar-refractivity contribution in [1.82, 2.24) is 4.90 Å². The van der Waals surface area contributed by atoms with Crippen LogP contribution in [0.5, 0.6) is 5.75 Å². The van der Waals surface area contributed by atoms with Crippen molar-refractivity contribution >= 4 is 23.6 Å². The van der Waals surface area contributed by atoms with E-state index < -0.39 is 0 Å². The van der Waals surface area contributed by atoms with E-state index >= 15 is 0 Å². The number of halogens is 1. The molecule has 1 saturated heterocycles. The third-order valence-corrected chi connectivity index (χ3v) is 5.25. The molecule has 1 fully saturated rings. The Morgan fingerprint density at radius 2 is 1.84 bits per heavy atom. The van der Waals surface area contributed by atoms with E-state index in [9.17, 15) is 4.79 Å². The molecule has 4 heteroatoms. The molecule has 2 heterocycles. The molecule has 0 N–H and O–H groups in total. The van der Waals surface area contributed by atoms with E-state index in [0.29, 0.717) is 23.1 Å². The molecular weight excluding hydrogens is 334 g/mol. The summed E-state index contributed by atoms with van der Waals surface area (Å²) in [6.45, 7) is 1.91. The van der Waals surface area contributed by atoms with E-state index in [2.05, 4.69) is 24.3 Å². The van der Waals surface area contributed by atoms with Gasteiger partial charge in [0.1, 0.15) is 12.4 Å². The number of ether oxygens (including phenoxy) is 1. The summed E-state index contributed by atoms with van der Waals surface area (Å²) in [5.41, 5.74) is 2.95. The topological polar surface area (TPSA) is 29.5 Å². The van der Waals surface area contributed by atoms with Crippen LogP contribution in [0.4, 0.5) is 0 Å². The van der Waals surface area contributed by atoms with Crippen molar-refractivity contribution < 1.29 is 9.53 Å². The van der Waals surface area contributed by atoms with Gasteiger partial charge in [0, 0.05) is 23.7 Å². The van der Waals surface area contributed by atoms with Crippen LogP contribution < -0.4 is 4.74 Å². The van der Waals surface area contributed by atoms with Crippen molar-refractivity contribution in [3.8, 4) is 5.75 Å². The first-order valence-electron chi connectivity index (χ1n) is 8.68. The molecule has 0 saturated carbocycles.